The highest BCUT2D eigenvalue weighted by Crippen LogP contribution is 2.22. The van der Waals surface area contributed by atoms with Crippen LogP contribution in [0.15, 0.2) is 28.7 Å². The topological polar surface area (TPSA) is 49.8 Å². The van der Waals surface area contributed by atoms with Gasteiger partial charge in [-0.25, -0.2) is 9.97 Å². The molecule has 1 heterocycles. The highest BCUT2D eigenvalue weighted by Gasteiger charge is 2.10. The molecule has 0 aliphatic carbocycles. The molecule has 0 saturated carbocycles. The van der Waals surface area contributed by atoms with Crippen LogP contribution in [0.25, 0.3) is 0 Å². The molecule has 0 amide bonds. The Morgan fingerprint density at radius 3 is 2.52 bits per heavy atom. The van der Waals surface area contributed by atoms with E-state index in [1.54, 1.807) is 0 Å². The molecule has 2 N–H and O–H groups in total. The van der Waals surface area contributed by atoms with E-state index in [0.29, 0.717) is 0 Å². The maximum Gasteiger partial charge on any atom is 0.135 e. The van der Waals surface area contributed by atoms with Crippen LogP contribution < -0.4 is 10.6 Å². The van der Waals surface area contributed by atoms with Crippen molar-refractivity contribution in [2.24, 2.45) is 0 Å². The summed E-state index contributed by atoms with van der Waals surface area (Å²) in [6.45, 7) is 4.90. The van der Waals surface area contributed by atoms with Gasteiger partial charge in [0.25, 0.3) is 0 Å². The highest BCUT2D eigenvalue weighted by atomic mass is 79.9. The number of benzene rings is 1. The summed E-state index contributed by atoms with van der Waals surface area (Å²) in [6, 6.07) is 8.20. The van der Waals surface area contributed by atoms with Crippen LogP contribution in [0.1, 0.15) is 30.3 Å². The van der Waals surface area contributed by atoms with Gasteiger partial charge in [-0.15, -0.1) is 0 Å². The van der Waals surface area contributed by atoms with E-state index in [9.17, 15) is 0 Å². The van der Waals surface area contributed by atoms with Gasteiger partial charge in [0.2, 0.25) is 0 Å². The molecule has 2 aromatic rings. The van der Waals surface area contributed by atoms with Gasteiger partial charge in [-0.1, -0.05) is 41.1 Å². The lowest BCUT2D eigenvalue weighted by Crippen LogP contribution is -2.10. The van der Waals surface area contributed by atoms with E-state index < -0.39 is 0 Å². The second-order valence-corrected chi connectivity index (χ2v) is 5.76. The fourth-order valence-corrected chi connectivity index (χ4v) is 2.56. The molecule has 0 unspecified atom stereocenters. The average Bonchev–Trinajstić information content (AvgIpc) is 2.49. The van der Waals surface area contributed by atoms with Crippen molar-refractivity contribution in [2.75, 3.05) is 17.7 Å². The predicted octanol–water partition coefficient (Wildman–Crippen LogP) is 4.15. The third-order valence-corrected chi connectivity index (χ3v) is 4.08. The summed E-state index contributed by atoms with van der Waals surface area (Å²) in [5, 5.41) is 6.57. The molecule has 0 radical (unpaired) electrons. The molecule has 0 spiro atoms. The normalized spacial score (nSPS) is 10.5. The number of nitrogens with zero attached hydrogens (tertiary/aromatic N) is 2. The molecule has 4 nitrogen and oxygen atoms in total. The molecular formula is C16H21BrN4. The third-order valence-electron chi connectivity index (χ3n) is 3.31. The van der Waals surface area contributed by atoms with E-state index in [0.717, 1.165) is 46.9 Å². The molecule has 21 heavy (non-hydrogen) atoms. The van der Waals surface area contributed by atoms with Crippen LogP contribution in [0.5, 0.6) is 0 Å². The van der Waals surface area contributed by atoms with Gasteiger partial charge < -0.3 is 10.6 Å². The SMILES string of the molecule is CCCc1nc(NC)c(C)c(NCc2ccccc2Br)n1. The Labute approximate surface area is 134 Å². The number of aromatic nitrogens is 2. The average molecular weight is 349 g/mol. The van der Waals surface area contributed by atoms with Crippen molar-refractivity contribution in [3.63, 3.8) is 0 Å². The number of anilines is 2. The summed E-state index contributed by atoms with van der Waals surface area (Å²) in [4.78, 5) is 9.18. The number of nitrogens with one attached hydrogen (secondary N) is 2. The third kappa shape index (κ3) is 3.94. The van der Waals surface area contributed by atoms with Crippen LogP contribution in [-0.4, -0.2) is 17.0 Å². The highest BCUT2D eigenvalue weighted by molar-refractivity contribution is 9.10. The zero-order valence-corrected chi connectivity index (χ0v) is 14.3. The summed E-state index contributed by atoms with van der Waals surface area (Å²) in [5.41, 5.74) is 2.25. The molecule has 0 atom stereocenters. The first-order valence-electron chi connectivity index (χ1n) is 7.18. The molecule has 0 bridgehead atoms. The molecule has 0 saturated heterocycles. The van der Waals surface area contributed by atoms with Crippen molar-refractivity contribution in [3.8, 4) is 0 Å². The first-order chi connectivity index (χ1) is 10.2. The Morgan fingerprint density at radius 1 is 1.14 bits per heavy atom. The van der Waals surface area contributed by atoms with Crippen molar-refractivity contribution in [3.05, 3.63) is 45.7 Å². The van der Waals surface area contributed by atoms with Gasteiger partial charge in [-0.3, -0.25) is 0 Å². The molecule has 5 heteroatoms. The van der Waals surface area contributed by atoms with Crippen LogP contribution in [0.3, 0.4) is 0 Å². The molecule has 0 aliphatic heterocycles. The van der Waals surface area contributed by atoms with Gasteiger partial charge in [-0.2, -0.15) is 0 Å². The first-order valence-corrected chi connectivity index (χ1v) is 7.97. The lowest BCUT2D eigenvalue weighted by Gasteiger charge is -2.14. The number of hydrogen-bond acceptors (Lipinski definition) is 4. The molecule has 1 aromatic carbocycles. The number of aryl methyl sites for hydroxylation is 1. The smallest absolute Gasteiger partial charge is 0.135 e. The summed E-state index contributed by atoms with van der Waals surface area (Å²) in [5.74, 6) is 2.67. The summed E-state index contributed by atoms with van der Waals surface area (Å²) >= 11 is 3.57. The van der Waals surface area contributed by atoms with E-state index in [4.69, 9.17) is 0 Å². The van der Waals surface area contributed by atoms with Crippen LogP contribution in [0, 0.1) is 6.92 Å². The van der Waals surface area contributed by atoms with Crippen LogP contribution in [0.4, 0.5) is 11.6 Å². The van der Waals surface area contributed by atoms with E-state index in [1.165, 1.54) is 5.56 Å². The number of halogens is 1. The van der Waals surface area contributed by atoms with Gasteiger partial charge in [-0.05, 0) is 25.0 Å². The zero-order chi connectivity index (χ0) is 15.2. The van der Waals surface area contributed by atoms with Crippen LogP contribution >= 0.6 is 15.9 Å². The molecule has 0 aliphatic rings. The summed E-state index contributed by atoms with van der Waals surface area (Å²) in [7, 11) is 1.89. The zero-order valence-electron chi connectivity index (χ0n) is 12.7. The van der Waals surface area contributed by atoms with E-state index in [2.05, 4.69) is 49.5 Å². The second-order valence-electron chi connectivity index (χ2n) is 4.91. The van der Waals surface area contributed by atoms with Crippen molar-refractivity contribution in [2.45, 2.75) is 33.2 Å². The van der Waals surface area contributed by atoms with Crippen LogP contribution in [0.2, 0.25) is 0 Å². The molecule has 2 rings (SSSR count). The number of hydrogen-bond donors (Lipinski definition) is 2. The van der Waals surface area contributed by atoms with E-state index in [-0.39, 0.29) is 0 Å². The van der Waals surface area contributed by atoms with Gasteiger partial charge in [0, 0.05) is 30.0 Å². The summed E-state index contributed by atoms with van der Waals surface area (Å²) in [6.07, 6.45) is 1.93. The maximum atomic E-state index is 4.64. The van der Waals surface area contributed by atoms with E-state index in [1.807, 2.05) is 32.2 Å². The standard InChI is InChI=1S/C16H21BrN4/c1-4-7-14-20-15(18-3)11(2)16(21-14)19-10-12-8-5-6-9-13(12)17/h5-6,8-9H,4,7,10H2,1-3H3,(H2,18,19,20,21). The molecule has 112 valence electrons. The Kier molecular flexibility index (Phi) is 5.56. The molecule has 1 aromatic heterocycles. The number of rotatable bonds is 6. The van der Waals surface area contributed by atoms with Crippen molar-refractivity contribution < 1.29 is 0 Å². The van der Waals surface area contributed by atoms with Gasteiger partial charge in [0.15, 0.2) is 0 Å². The first kappa shape index (κ1) is 15.8. The van der Waals surface area contributed by atoms with Gasteiger partial charge >= 0.3 is 0 Å². The van der Waals surface area contributed by atoms with Crippen molar-refractivity contribution in [1.82, 2.24) is 9.97 Å². The fraction of sp³-hybridized carbons (Fsp3) is 0.375. The largest absolute Gasteiger partial charge is 0.373 e. The van der Waals surface area contributed by atoms with Gasteiger partial charge in [0.05, 0.1) is 0 Å². The maximum absolute atomic E-state index is 4.64. The van der Waals surface area contributed by atoms with Crippen molar-refractivity contribution in [1.29, 1.82) is 0 Å². The lowest BCUT2D eigenvalue weighted by atomic mass is 10.2. The lowest BCUT2D eigenvalue weighted by molar-refractivity contribution is 0.831. The quantitative estimate of drug-likeness (QED) is 0.822. The second kappa shape index (κ2) is 7.41. The fourth-order valence-electron chi connectivity index (χ4n) is 2.13. The Bertz CT molecular complexity index is 613. The Hall–Kier alpha value is -1.62. The van der Waals surface area contributed by atoms with Crippen LogP contribution in [-0.2, 0) is 13.0 Å². The van der Waals surface area contributed by atoms with E-state index >= 15 is 0 Å². The minimum absolute atomic E-state index is 0.730. The monoisotopic (exact) mass is 348 g/mol. The Balaban J connectivity index is 2.22. The van der Waals surface area contributed by atoms with Crippen molar-refractivity contribution >= 4 is 27.6 Å². The minimum Gasteiger partial charge on any atom is -0.373 e. The minimum atomic E-state index is 0.730. The van der Waals surface area contributed by atoms with Gasteiger partial charge in [0.1, 0.15) is 17.5 Å². The predicted molar refractivity (Wildman–Crippen MR) is 91.8 cm³/mol. The molecular weight excluding hydrogens is 328 g/mol. The molecule has 0 fully saturated rings. The summed E-state index contributed by atoms with van der Waals surface area (Å²) < 4.78 is 1.10. The Morgan fingerprint density at radius 2 is 1.86 bits per heavy atom.